The van der Waals surface area contributed by atoms with Crippen LogP contribution in [0.15, 0.2) is 0 Å². The Kier molecular flexibility index (Phi) is 4.52. The highest BCUT2D eigenvalue weighted by molar-refractivity contribution is 5.00. The molecule has 90 valence electrons. The van der Waals surface area contributed by atoms with Crippen molar-refractivity contribution in [1.29, 1.82) is 0 Å². The van der Waals surface area contributed by atoms with Gasteiger partial charge in [-0.05, 0) is 24.7 Å². The van der Waals surface area contributed by atoms with E-state index in [1.807, 2.05) is 13.8 Å². The molecule has 0 aliphatic heterocycles. The molecular formula is C11H22O4. The molecule has 0 amide bonds. The summed E-state index contributed by atoms with van der Waals surface area (Å²) in [5.41, 5.74) is 0. The van der Waals surface area contributed by atoms with E-state index in [0.29, 0.717) is 0 Å². The van der Waals surface area contributed by atoms with Gasteiger partial charge in [0.25, 0.3) is 0 Å². The fourth-order valence-corrected chi connectivity index (χ4v) is 2.78. The van der Waals surface area contributed by atoms with Crippen LogP contribution >= 0.6 is 0 Å². The first kappa shape index (κ1) is 12.9. The summed E-state index contributed by atoms with van der Waals surface area (Å²) in [7, 11) is 0. The van der Waals surface area contributed by atoms with Crippen LogP contribution in [-0.2, 0) is 0 Å². The maximum Gasteiger partial charge on any atom is 0.109 e. The number of hydrogen-bond acceptors (Lipinski definition) is 4. The SMILES string of the molecule is CC.OC1C(O)C(O)C2CCCC2C1O. The summed E-state index contributed by atoms with van der Waals surface area (Å²) in [4.78, 5) is 0. The molecule has 0 saturated heterocycles. The van der Waals surface area contributed by atoms with Crippen molar-refractivity contribution in [2.45, 2.75) is 57.5 Å². The third-order valence-corrected chi connectivity index (χ3v) is 3.55. The van der Waals surface area contributed by atoms with Crippen LogP contribution in [0.2, 0.25) is 0 Å². The van der Waals surface area contributed by atoms with Crippen LogP contribution in [0.3, 0.4) is 0 Å². The van der Waals surface area contributed by atoms with Gasteiger partial charge in [-0.25, -0.2) is 0 Å². The second-order valence-electron chi connectivity index (χ2n) is 4.22. The quantitative estimate of drug-likeness (QED) is 0.457. The molecule has 0 bridgehead atoms. The topological polar surface area (TPSA) is 80.9 Å². The Bertz CT molecular complexity index is 177. The molecule has 4 N–H and O–H groups in total. The van der Waals surface area contributed by atoms with Crippen molar-refractivity contribution in [1.82, 2.24) is 0 Å². The summed E-state index contributed by atoms with van der Waals surface area (Å²) in [5.74, 6) is -0.0678. The maximum atomic E-state index is 9.61. The van der Waals surface area contributed by atoms with Crippen LogP contribution in [0.5, 0.6) is 0 Å². The minimum absolute atomic E-state index is 0.0339. The molecule has 0 aromatic carbocycles. The zero-order chi connectivity index (χ0) is 11.6. The molecule has 6 atom stereocenters. The van der Waals surface area contributed by atoms with Crippen LogP contribution in [0.25, 0.3) is 0 Å². The standard InChI is InChI=1S/C9H16O4.C2H6/c10-6-4-2-1-3-5(4)7(11)9(13)8(6)12;1-2/h4-13H,1-3H2;1-2H3. The van der Waals surface area contributed by atoms with Gasteiger partial charge in [-0.1, -0.05) is 20.3 Å². The third kappa shape index (κ3) is 2.18. The van der Waals surface area contributed by atoms with Gasteiger partial charge in [-0.15, -0.1) is 0 Å². The highest BCUT2D eigenvalue weighted by atomic mass is 16.4. The second-order valence-corrected chi connectivity index (χ2v) is 4.22. The molecule has 2 rings (SSSR count). The molecule has 4 nitrogen and oxygen atoms in total. The fourth-order valence-electron chi connectivity index (χ4n) is 2.78. The van der Waals surface area contributed by atoms with E-state index >= 15 is 0 Å². The molecule has 0 radical (unpaired) electrons. The van der Waals surface area contributed by atoms with Gasteiger partial charge in [-0.3, -0.25) is 0 Å². The second kappa shape index (κ2) is 5.25. The number of rotatable bonds is 0. The molecule has 0 spiro atoms. The Morgan fingerprint density at radius 1 is 0.667 bits per heavy atom. The number of aliphatic hydroxyl groups excluding tert-OH is 4. The molecule has 0 heterocycles. The van der Waals surface area contributed by atoms with Crippen molar-refractivity contribution in [3.63, 3.8) is 0 Å². The first-order chi connectivity index (χ1) is 7.13. The summed E-state index contributed by atoms with van der Waals surface area (Å²) in [6, 6.07) is 0. The Balaban J connectivity index is 0.000000531. The first-order valence-electron chi connectivity index (χ1n) is 5.85. The van der Waals surface area contributed by atoms with Crippen LogP contribution in [0, 0.1) is 11.8 Å². The van der Waals surface area contributed by atoms with E-state index in [0.717, 1.165) is 19.3 Å². The lowest BCUT2D eigenvalue weighted by Gasteiger charge is -2.41. The van der Waals surface area contributed by atoms with Gasteiger partial charge >= 0.3 is 0 Å². The molecule has 4 heteroatoms. The largest absolute Gasteiger partial charge is 0.390 e. The third-order valence-electron chi connectivity index (χ3n) is 3.55. The average molecular weight is 218 g/mol. The van der Waals surface area contributed by atoms with E-state index in [1.54, 1.807) is 0 Å². The van der Waals surface area contributed by atoms with Gasteiger partial charge < -0.3 is 20.4 Å². The smallest absolute Gasteiger partial charge is 0.109 e. The van der Waals surface area contributed by atoms with Gasteiger partial charge in [-0.2, -0.15) is 0 Å². The lowest BCUT2D eigenvalue weighted by molar-refractivity contribution is -0.176. The van der Waals surface area contributed by atoms with Crippen molar-refractivity contribution in [3.05, 3.63) is 0 Å². The molecular weight excluding hydrogens is 196 g/mol. The predicted octanol–water partition coefficient (Wildman–Crippen LogP) is -0.114. The van der Waals surface area contributed by atoms with Crippen LogP contribution < -0.4 is 0 Å². The van der Waals surface area contributed by atoms with Crippen molar-refractivity contribution in [2.75, 3.05) is 0 Å². The highest BCUT2D eigenvalue weighted by Crippen LogP contribution is 2.42. The number of hydrogen-bond donors (Lipinski definition) is 4. The van der Waals surface area contributed by atoms with Crippen molar-refractivity contribution in [3.8, 4) is 0 Å². The molecule has 2 aliphatic carbocycles. The molecule has 6 unspecified atom stereocenters. The molecule has 0 aromatic heterocycles. The minimum Gasteiger partial charge on any atom is -0.390 e. The zero-order valence-corrected chi connectivity index (χ0v) is 9.37. The summed E-state index contributed by atoms with van der Waals surface area (Å²) in [5, 5.41) is 38.0. The van der Waals surface area contributed by atoms with Gasteiger partial charge in [0, 0.05) is 0 Å². The van der Waals surface area contributed by atoms with Crippen LogP contribution in [-0.4, -0.2) is 44.8 Å². The van der Waals surface area contributed by atoms with Crippen molar-refractivity contribution < 1.29 is 20.4 Å². The van der Waals surface area contributed by atoms with E-state index in [-0.39, 0.29) is 11.8 Å². The Labute approximate surface area is 90.6 Å². The van der Waals surface area contributed by atoms with Gasteiger partial charge in [0.2, 0.25) is 0 Å². The Morgan fingerprint density at radius 3 is 1.33 bits per heavy atom. The molecule has 2 fully saturated rings. The summed E-state index contributed by atoms with van der Waals surface area (Å²) >= 11 is 0. The minimum atomic E-state index is -1.19. The van der Waals surface area contributed by atoms with E-state index < -0.39 is 24.4 Å². The van der Waals surface area contributed by atoms with E-state index in [2.05, 4.69) is 0 Å². The van der Waals surface area contributed by atoms with E-state index in [1.165, 1.54) is 0 Å². The molecule has 2 aliphatic rings. The lowest BCUT2D eigenvalue weighted by Crippen LogP contribution is -2.56. The number of aliphatic hydroxyl groups is 4. The van der Waals surface area contributed by atoms with Crippen molar-refractivity contribution >= 4 is 0 Å². The Morgan fingerprint density at radius 2 is 1.00 bits per heavy atom. The Hall–Kier alpha value is -0.160. The monoisotopic (exact) mass is 218 g/mol. The van der Waals surface area contributed by atoms with E-state index in [9.17, 15) is 20.4 Å². The molecule has 2 saturated carbocycles. The van der Waals surface area contributed by atoms with Gasteiger partial charge in [0.05, 0.1) is 12.2 Å². The van der Waals surface area contributed by atoms with Gasteiger partial charge in [0.1, 0.15) is 12.2 Å². The summed E-state index contributed by atoms with van der Waals surface area (Å²) < 4.78 is 0. The highest BCUT2D eigenvalue weighted by Gasteiger charge is 2.49. The summed E-state index contributed by atoms with van der Waals surface area (Å²) in [6.07, 6.45) is -1.47. The predicted molar refractivity (Wildman–Crippen MR) is 56.2 cm³/mol. The molecule has 15 heavy (non-hydrogen) atoms. The summed E-state index contributed by atoms with van der Waals surface area (Å²) in [6.45, 7) is 4.00. The van der Waals surface area contributed by atoms with Gasteiger partial charge in [0.15, 0.2) is 0 Å². The van der Waals surface area contributed by atoms with Crippen LogP contribution in [0.1, 0.15) is 33.1 Å². The average Bonchev–Trinajstić information content (AvgIpc) is 2.75. The normalized spacial score (nSPS) is 49.2. The maximum absolute atomic E-state index is 9.61. The fraction of sp³-hybridized carbons (Fsp3) is 1.00. The van der Waals surface area contributed by atoms with Crippen molar-refractivity contribution in [2.24, 2.45) is 11.8 Å². The molecule has 0 aromatic rings. The zero-order valence-electron chi connectivity index (χ0n) is 9.37. The number of fused-ring (bicyclic) bond motifs is 1. The lowest BCUT2D eigenvalue weighted by atomic mass is 9.74. The van der Waals surface area contributed by atoms with Crippen LogP contribution in [0.4, 0.5) is 0 Å². The first-order valence-corrected chi connectivity index (χ1v) is 5.85. The van der Waals surface area contributed by atoms with E-state index in [4.69, 9.17) is 0 Å².